The predicted octanol–water partition coefficient (Wildman–Crippen LogP) is 3.71. The molecule has 0 nitrogen and oxygen atoms in total. The molecular weight excluding hydrogens is 282 g/mol. The van der Waals surface area contributed by atoms with Crippen LogP contribution in [0.4, 0.5) is 0 Å². The molecule has 0 aliphatic carbocycles. The molecule has 0 aliphatic heterocycles. The Morgan fingerprint density at radius 1 is 1.50 bits per heavy atom. The fourth-order valence-electron chi connectivity index (χ4n) is 0.568. The second kappa shape index (κ2) is 3.28. The Hall–Kier alpha value is 0.530. The Balaban J connectivity index is 3.34. The zero-order valence-corrected chi connectivity index (χ0v) is 8.88. The van der Waals surface area contributed by atoms with Crippen LogP contribution < -0.4 is 0 Å². The molecule has 0 saturated heterocycles. The van der Waals surface area contributed by atoms with Crippen LogP contribution in [-0.4, -0.2) is 0 Å². The van der Waals surface area contributed by atoms with Gasteiger partial charge in [-0.15, -0.1) is 0 Å². The monoisotopic (exact) mass is 285 g/mol. The first-order valence-corrected chi connectivity index (χ1v) is 4.48. The summed E-state index contributed by atoms with van der Waals surface area (Å²) in [4.78, 5) is 0. The van der Waals surface area contributed by atoms with Crippen LogP contribution in [0.2, 0.25) is 10.0 Å². The lowest BCUT2D eigenvalue weighted by atomic mass is 10.2. The molecule has 0 unspecified atom stereocenters. The lowest BCUT2D eigenvalue weighted by Gasteiger charge is -2.00. The molecule has 1 radical (unpaired) electrons. The van der Waals surface area contributed by atoms with E-state index < -0.39 is 0 Å². The van der Waals surface area contributed by atoms with E-state index in [0.29, 0.717) is 10.0 Å². The lowest BCUT2D eigenvalue weighted by molar-refractivity contribution is 1.44. The minimum Gasteiger partial charge on any atom is -0.0840 e. The van der Waals surface area contributed by atoms with Crippen molar-refractivity contribution in [1.29, 1.82) is 0 Å². The molecule has 10 heavy (non-hydrogen) atoms. The zero-order chi connectivity index (χ0) is 7.72. The number of halogens is 3. The Bertz CT molecular complexity index is 231. The molecule has 0 fully saturated rings. The Morgan fingerprint density at radius 3 is 2.60 bits per heavy atom. The van der Waals surface area contributed by atoms with Crippen LogP contribution in [0, 0.1) is 16.6 Å². The van der Waals surface area contributed by atoms with Gasteiger partial charge < -0.3 is 0 Å². The molecule has 0 saturated carbocycles. The van der Waals surface area contributed by atoms with Crippen LogP contribution >= 0.6 is 45.8 Å². The smallest absolute Gasteiger partial charge is 0.0589 e. The minimum atomic E-state index is 0.672. The van der Waals surface area contributed by atoms with Gasteiger partial charge in [-0.2, -0.15) is 0 Å². The highest BCUT2D eigenvalue weighted by molar-refractivity contribution is 14.1. The molecule has 3 heteroatoms. The first-order valence-electron chi connectivity index (χ1n) is 2.64. The van der Waals surface area contributed by atoms with Crippen LogP contribution in [0.1, 0.15) is 5.56 Å². The molecule has 0 spiro atoms. The molecule has 0 amide bonds. The third-order valence-corrected chi connectivity index (χ3v) is 3.24. The van der Waals surface area contributed by atoms with E-state index in [2.05, 4.69) is 28.7 Å². The topological polar surface area (TPSA) is 0 Å². The van der Waals surface area contributed by atoms with Gasteiger partial charge in [-0.25, -0.2) is 0 Å². The van der Waals surface area contributed by atoms with Crippen LogP contribution in [0.15, 0.2) is 6.07 Å². The van der Waals surface area contributed by atoms with E-state index in [4.69, 9.17) is 23.2 Å². The second-order valence-corrected chi connectivity index (χ2v) is 3.75. The molecule has 53 valence electrons. The third kappa shape index (κ3) is 1.57. The number of hydrogen-bond donors (Lipinski definition) is 0. The van der Waals surface area contributed by atoms with Crippen molar-refractivity contribution in [2.24, 2.45) is 0 Å². The first kappa shape index (κ1) is 8.62. The fourth-order valence-corrected chi connectivity index (χ4v) is 1.48. The van der Waals surface area contributed by atoms with Crippen LogP contribution in [0.3, 0.4) is 0 Å². The molecule has 0 heterocycles. The normalized spacial score (nSPS) is 10.0. The molecular formula is C7H4Cl2I. The molecule has 0 aromatic heterocycles. The summed E-state index contributed by atoms with van der Waals surface area (Å²) in [5.41, 5.74) is 0.923. The van der Waals surface area contributed by atoms with E-state index in [1.807, 2.05) is 6.92 Å². The van der Waals surface area contributed by atoms with Crippen molar-refractivity contribution < 1.29 is 0 Å². The van der Waals surface area contributed by atoms with Crippen molar-refractivity contribution in [1.82, 2.24) is 0 Å². The van der Waals surface area contributed by atoms with Crippen molar-refractivity contribution in [3.05, 3.63) is 31.3 Å². The highest BCUT2D eigenvalue weighted by atomic mass is 127. The van der Waals surface area contributed by atoms with Gasteiger partial charge in [-0.05, 0) is 47.2 Å². The summed E-state index contributed by atoms with van der Waals surface area (Å²) in [5, 5.41) is 1.37. The molecule has 0 N–H and O–H groups in total. The lowest BCUT2D eigenvalue weighted by Crippen LogP contribution is -1.81. The zero-order valence-electron chi connectivity index (χ0n) is 5.21. The van der Waals surface area contributed by atoms with Crippen molar-refractivity contribution in [3.8, 4) is 0 Å². The van der Waals surface area contributed by atoms with Crippen molar-refractivity contribution >= 4 is 45.8 Å². The predicted molar refractivity (Wildman–Crippen MR) is 52.8 cm³/mol. The molecule has 0 bridgehead atoms. The summed E-state index contributed by atoms with van der Waals surface area (Å²) >= 11 is 13.7. The second-order valence-electron chi connectivity index (χ2n) is 1.89. The van der Waals surface area contributed by atoms with Gasteiger partial charge in [0.2, 0.25) is 0 Å². The molecule has 1 aromatic rings. The molecule has 0 aliphatic rings. The number of rotatable bonds is 0. The maximum absolute atomic E-state index is 5.86. The van der Waals surface area contributed by atoms with Gasteiger partial charge in [-0.3, -0.25) is 0 Å². The molecule has 1 rings (SSSR count). The maximum Gasteiger partial charge on any atom is 0.0589 e. The fraction of sp³-hybridized carbons (Fsp3) is 0.143. The number of benzene rings is 1. The van der Waals surface area contributed by atoms with Gasteiger partial charge in [0.05, 0.1) is 5.02 Å². The minimum absolute atomic E-state index is 0.672. The summed E-state index contributed by atoms with van der Waals surface area (Å²) < 4.78 is 0.918. The summed E-state index contributed by atoms with van der Waals surface area (Å²) in [6.45, 7) is 1.89. The average molecular weight is 286 g/mol. The standard InChI is InChI=1S/C7H4Cl2I/c1-4-5(8)2-3-6(10)7(4)9/h2H,1H3. The van der Waals surface area contributed by atoms with E-state index in [1.165, 1.54) is 0 Å². The van der Waals surface area contributed by atoms with E-state index in [-0.39, 0.29) is 0 Å². The first-order chi connectivity index (χ1) is 4.63. The Morgan fingerprint density at radius 2 is 2.10 bits per heavy atom. The van der Waals surface area contributed by atoms with E-state index >= 15 is 0 Å². The Labute approximate surface area is 83.7 Å². The van der Waals surface area contributed by atoms with Gasteiger partial charge in [-0.1, -0.05) is 23.2 Å². The Kier molecular flexibility index (Phi) is 2.83. The third-order valence-electron chi connectivity index (χ3n) is 1.21. The number of hydrogen-bond acceptors (Lipinski definition) is 0. The largest absolute Gasteiger partial charge is 0.0840 e. The quantitative estimate of drug-likeness (QED) is 0.504. The van der Waals surface area contributed by atoms with Gasteiger partial charge in [0.25, 0.3) is 0 Å². The summed E-state index contributed by atoms with van der Waals surface area (Å²) in [5.74, 6) is 0. The highest BCUT2D eigenvalue weighted by Crippen LogP contribution is 2.27. The molecule has 1 aromatic carbocycles. The van der Waals surface area contributed by atoms with Crippen LogP contribution in [-0.2, 0) is 0 Å². The van der Waals surface area contributed by atoms with E-state index in [1.54, 1.807) is 6.07 Å². The average Bonchev–Trinajstić information content (AvgIpc) is 1.93. The van der Waals surface area contributed by atoms with Gasteiger partial charge in [0.1, 0.15) is 0 Å². The van der Waals surface area contributed by atoms with E-state index in [9.17, 15) is 0 Å². The highest BCUT2D eigenvalue weighted by Gasteiger charge is 2.03. The maximum atomic E-state index is 5.86. The van der Waals surface area contributed by atoms with Gasteiger partial charge in [0, 0.05) is 8.59 Å². The summed E-state index contributed by atoms with van der Waals surface area (Å²) in [7, 11) is 0. The summed E-state index contributed by atoms with van der Waals surface area (Å²) in [6, 6.07) is 4.66. The summed E-state index contributed by atoms with van der Waals surface area (Å²) in [6.07, 6.45) is 0. The van der Waals surface area contributed by atoms with Crippen molar-refractivity contribution in [3.63, 3.8) is 0 Å². The van der Waals surface area contributed by atoms with Crippen LogP contribution in [0.5, 0.6) is 0 Å². The van der Waals surface area contributed by atoms with Crippen molar-refractivity contribution in [2.45, 2.75) is 6.92 Å². The van der Waals surface area contributed by atoms with E-state index in [0.717, 1.165) is 9.13 Å². The molecule has 0 atom stereocenters. The van der Waals surface area contributed by atoms with Gasteiger partial charge >= 0.3 is 0 Å². The SMILES string of the molecule is Cc1c(Cl)c[c]c(I)c1Cl. The van der Waals surface area contributed by atoms with Crippen LogP contribution in [0.25, 0.3) is 0 Å². The van der Waals surface area contributed by atoms with Gasteiger partial charge in [0.15, 0.2) is 0 Å². The van der Waals surface area contributed by atoms with Crippen molar-refractivity contribution in [2.75, 3.05) is 0 Å².